The van der Waals surface area contributed by atoms with Gasteiger partial charge in [0.2, 0.25) is 5.91 Å². The van der Waals surface area contributed by atoms with Gasteiger partial charge in [-0.1, -0.05) is 49.4 Å². The first-order chi connectivity index (χ1) is 11.1. The van der Waals surface area contributed by atoms with E-state index in [0.717, 1.165) is 10.8 Å². The summed E-state index contributed by atoms with van der Waals surface area (Å²) in [6, 6.07) is 10.6. The molecule has 0 saturated heterocycles. The second-order valence-electron chi connectivity index (χ2n) is 5.91. The first-order valence-electron chi connectivity index (χ1n) is 7.83. The molecule has 0 fully saturated rings. The van der Waals surface area contributed by atoms with Gasteiger partial charge in [-0.15, -0.1) is 11.3 Å². The molecule has 0 N–H and O–H groups in total. The molecule has 1 amide bonds. The van der Waals surface area contributed by atoms with Crippen molar-refractivity contribution < 1.29 is 4.79 Å². The molecule has 2 nitrogen and oxygen atoms in total. The summed E-state index contributed by atoms with van der Waals surface area (Å²) >= 11 is 7.87. The van der Waals surface area contributed by atoms with Gasteiger partial charge in [0.1, 0.15) is 0 Å². The van der Waals surface area contributed by atoms with Gasteiger partial charge in [-0.2, -0.15) is 0 Å². The van der Waals surface area contributed by atoms with Crippen LogP contribution >= 0.6 is 22.9 Å². The Bertz CT molecular complexity index is 752. The summed E-state index contributed by atoms with van der Waals surface area (Å²) < 4.78 is 0.788. The van der Waals surface area contributed by atoms with Crippen LogP contribution in [0.5, 0.6) is 0 Å². The van der Waals surface area contributed by atoms with Crippen LogP contribution in [0.1, 0.15) is 40.8 Å². The number of nitrogens with zero attached hydrogens (tertiary/aromatic N) is 1. The number of thiophene rings is 1. The highest BCUT2D eigenvalue weighted by atomic mass is 35.5. The van der Waals surface area contributed by atoms with E-state index in [2.05, 4.69) is 50.8 Å². The number of hydrogen-bond donors (Lipinski definition) is 0. The minimum atomic E-state index is -0.00870. The third kappa shape index (κ3) is 2.84. The Hall–Kier alpha value is -1.58. The predicted molar refractivity (Wildman–Crippen MR) is 97.2 cm³/mol. The lowest BCUT2D eigenvalue weighted by atomic mass is 9.79. The fraction of sp³-hybridized carbons (Fsp3) is 0.316. The fourth-order valence-corrected chi connectivity index (χ4v) is 4.91. The van der Waals surface area contributed by atoms with Crippen LogP contribution in [0.15, 0.2) is 43.0 Å². The molecule has 0 spiro atoms. The summed E-state index contributed by atoms with van der Waals surface area (Å²) in [4.78, 5) is 15.5. The highest BCUT2D eigenvalue weighted by Crippen LogP contribution is 2.45. The Balaban J connectivity index is 2.18. The Kier molecular flexibility index (Phi) is 4.60. The van der Waals surface area contributed by atoms with Crippen LogP contribution in [-0.2, 0) is 11.3 Å². The van der Waals surface area contributed by atoms with Crippen molar-refractivity contribution in [1.29, 1.82) is 0 Å². The molecule has 1 aliphatic rings. The molecule has 0 bridgehead atoms. The molecule has 0 saturated carbocycles. The maximum Gasteiger partial charge on any atom is 0.246 e. The highest BCUT2D eigenvalue weighted by Gasteiger charge is 2.38. The van der Waals surface area contributed by atoms with Gasteiger partial charge in [-0.05, 0) is 42.2 Å². The van der Waals surface area contributed by atoms with Crippen molar-refractivity contribution in [2.75, 3.05) is 0 Å². The van der Waals surface area contributed by atoms with E-state index in [1.807, 2.05) is 4.90 Å². The highest BCUT2D eigenvalue weighted by molar-refractivity contribution is 7.16. The average Bonchev–Trinajstić information content (AvgIpc) is 2.93. The van der Waals surface area contributed by atoms with Gasteiger partial charge in [0.25, 0.3) is 0 Å². The maximum atomic E-state index is 12.4. The van der Waals surface area contributed by atoms with Gasteiger partial charge >= 0.3 is 0 Å². The molecular formula is C19H20ClNOS. The lowest BCUT2D eigenvalue weighted by Gasteiger charge is -2.41. The monoisotopic (exact) mass is 345 g/mol. The third-order valence-corrected chi connectivity index (χ3v) is 5.91. The molecule has 120 valence electrons. The summed E-state index contributed by atoms with van der Waals surface area (Å²) in [5, 5.41) is 0. The quantitative estimate of drug-likeness (QED) is 0.704. The lowest BCUT2D eigenvalue weighted by molar-refractivity contribution is -0.129. The number of fused-ring (bicyclic) bond motifs is 1. The third-order valence-electron chi connectivity index (χ3n) is 4.65. The minimum Gasteiger partial charge on any atom is -0.330 e. The molecule has 23 heavy (non-hydrogen) atoms. The first-order valence-corrected chi connectivity index (χ1v) is 9.03. The topological polar surface area (TPSA) is 20.3 Å². The molecule has 0 radical (unpaired) electrons. The van der Waals surface area contributed by atoms with Crippen molar-refractivity contribution in [2.45, 2.75) is 38.8 Å². The van der Waals surface area contributed by atoms with Crippen LogP contribution < -0.4 is 0 Å². The number of benzene rings is 1. The van der Waals surface area contributed by atoms with Crippen LogP contribution in [0.4, 0.5) is 0 Å². The summed E-state index contributed by atoms with van der Waals surface area (Å²) in [5.41, 5.74) is 3.79. The number of hydrogen-bond acceptors (Lipinski definition) is 2. The average molecular weight is 346 g/mol. The molecule has 0 aliphatic carbocycles. The first kappa shape index (κ1) is 16.3. The van der Waals surface area contributed by atoms with Crippen LogP contribution in [0.25, 0.3) is 0 Å². The largest absolute Gasteiger partial charge is 0.330 e. The Labute approximate surface area is 146 Å². The smallest absolute Gasteiger partial charge is 0.246 e. The van der Waals surface area contributed by atoms with Gasteiger partial charge < -0.3 is 4.90 Å². The van der Waals surface area contributed by atoms with Crippen molar-refractivity contribution in [1.82, 2.24) is 4.90 Å². The molecule has 2 heterocycles. The molecule has 1 aromatic heterocycles. The van der Waals surface area contributed by atoms with Crippen molar-refractivity contribution in [2.24, 2.45) is 0 Å². The number of amides is 1. The van der Waals surface area contributed by atoms with E-state index in [1.54, 1.807) is 11.3 Å². The Morgan fingerprint density at radius 1 is 1.43 bits per heavy atom. The number of carbonyl (C=O) groups is 1. The maximum absolute atomic E-state index is 12.4. The van der Waals surface area contributed by atoms with E-state index in [9.17, 15) is 4.79 Å². The van der Waals surface area contributed by atoms with Gasteiger partial charge in [0.05, 0.1) is 10.9 Å². The number of carbonyl (C=O) groups excluding carboxylic acids is 1. The van der Waals surface area contributed by atoms with E-state index in [0.29, 0.717) is 6.54 Å². The SMILES string of the molecule is C=CC(=O)N1Cc2sc(Cl)cc2[C@H](c2ccccc2C)[C@H]1CC. The van der Waals surface area contributed by atoms with Crippen LogP contribution in [0.3, 0.4) is 0 Å². The lowest BCUT2D eigenvalue weighted by Crippen LogP contribution is -2.45. The second kappa shape index (κ2) is 6.50. The van der Waals surface area contributed by atoms with Gasteiger partial charge in [-0.3, -0.25) is 4.79 Å². The minimum absolute atomic E-state index is 0.00870. The number of aryl methyl sites for hydroxylation is 1. The molecule has 1 aromatic carbocycles. The van der Waals surface area contributed by atoms with E-state index in [4.69, 9.17) is 11.6 Å². The van der Waals surface area contributed by atoms with E-state index in [-0.39, 0.29) is 17.9 Å². The number of rotatable bonds is 3. The van der Waals surface area contributed by atoms with E-state index < -0.39 is 0 Å². The van der Waals surface area contributed by atoms with Gasteiger partial charge in [0, 0.05) is 16.8 Å². The molecule has 1 aliphatic heterocycles. The number of halogens is 1. The Morgan fingerprint density at radius 2 is 2.17 bits per heavy atom. The van der Waals surface area contributed by atoms with Crippen LogP contribution in [-0.4, -0.2) is 16.8 Å². The summed E-state index contributed by atoms with van der Waals surface area (Å²) in [6.45, 7) is 8.56. The normalized spacial score (nSPS) is 20.2. The van der Waals surface area contributed by atoms with Crippen molar-refractivity contribution in [3.63, 3.8) is 0 Å². The summed E-state index contributed by atoms with van der Waals surface area (Å²) in [6.07, 6.45) is 2.31. The van der Waals surface area contributed by atoms with Crippen molar-refractivity contribution in [3.05, 3.63) is 68.9 Å². The Morgan fingerprint density at radius 3 is 2.83 bits per heavy atom. The fourth-order valence-electron chi connectivity index (χ4n) is 3.58. The molecule has 2 aromatic rings. The summed E-state index contributed by atoms with van der Waals surface area (Å²) in [7, 11) is 0. The van der Waals surface area contributed by atoms with Crippen LogP contribution in [0.2, 0.25) is 4.34 Å². The van der Waals surface area contributed by atoms with E-state index >= 15 is 0 Å². The van der Waals surface area contributed by atoms with E-state index in [1.165, 1.54) is 27.6 Å². The zero-order valence-electron chi connectivity index (χ0n) is 13.4. The van der Waals surface area contributed by atoms with Crippen molar-refractivity contribution in [3.8, 4) is 0 Å². The molecular weight excluding hydrogens is 326 g/mol. The summed E-state index contributed by atoms with van der Waals surface area (Å²) in [5.74, 6) is 0.156. The predicted octanol–water partition coefficient (Wildman–Crippen LogP) is 5.15. The second-order valence-corrected chi connectivity index (χ2v) is 7.68. The van der Waals surface area contributed by atoms with Crippen molar-refractivity contribution >= 4 is 28.8 Å². The molecule has 3 rings (SSSR count). The molecule has 0 unspecified atom stereocenters. The molecule has 4 heteroatoms. The van der Waals surface area contributed by atoms with Gasteiger partial charge in [0.15, 0.2) is 0 Å². The van der Waals surface area contributed by atoms with Gasteiger partial charge in [-0.25, -0.2) is 0 Å². The zero-order chi connectivity index (χ0) is 16.6. The zero-order valence-corrected chi connectivity index (χ0v) is 15.0. The van der Waals surface area contributed by atoms with Crippen LogP contribution in [0, 0.1) is 6.92 Å². The standard InChI is InChI=1S/C19H20ClNOS/c1-4-15-19(13-9-7-6-8-12(13)3)14-10-17(20)23-16(14)11-21(15)18(22)5-2/h5-10,15,19H,2,4,11H2,1,3H3/t15-,19+/m1/s1. The molecule has 2 atom stereocenters.